The molecule has 0 saturated carbocycles. The van der Waals surface area contributed by atoms with Crippen LogP contribution in [0.2, 0.25) is 18.1 Å². The van der Waals surface area contributed by atoms with Crippen molar-refractivity contribution in [2.24, 2.45) is 0 Å². The Bertz CT molecular complexity index is 934. The van der Waals surface area contributed by atoms with Crippen molar-refractivity contribution >= 4 is 14.1 Å². The van der Waals surface area contributed by atoms with Crippen molar-refractivity contribution in [3.05, 3.63) is 52.1 Å². The normalized spacial score (nSPS) is 14.1. The number of nitrogen functional groups attached to an aromatic ring is 1. The van der Waals surface area contributed by atoms with Gasteiger partial charge in [0.2, 0.25) is 0 Å². The molecule has 9 heteroatoms. The molecule has 0 saturated heterocycles. The van der Waals surface area contributed by atoms with Gasteiger partial charge in [0.1, 0.15) is 5.82 Å². The lowest BCUT2D eigenvalue weighted by atomic mass is 10.0. The summed E-state index contributed by atoms with van der Waals surface area (Å²) in [7, 11) is -2.11. The van der Waals surface area contributed by atoms with Crippen molar-refractivity contribution in [3.8, 4) is 5.69 Å². The molecule has 0 aliphatic rings. The largest absolute Gasteiger partial charge is 0.416 e. The number of halogens is 3. The van der Waals surface area contributed by atoms with Crippen LogP contribution in [0.5, 0.6) is 0 Å². The second-order valence-electron chi connectivity index (χ2n) is 8.74. The van der Waals surface area contributed by atoms with Crippen molar-refractivity contribution in [3.63, 3.8) is 0 Å². The van der Waals surface area contributed by atoms with Gasteiger partial charge < -0.3 is 10.2 Å². The van der Waals surface area contributed by atoms with E-state index in [1.807, 2.05) is 0 Å². The molecule has 0 aliphatic heterocycles. The van der Waals surface area contributed by atoms with Crippen LogP contribution in [0.15, 0.2) is 35.3 Å². The molecule has 0 aliphatic carbocycles. The first kappa shape index (κ1) is 23.1. The highest BCUT2D eigenvalue weighted by molar-refractivity contribution is 6.74. The molecule has 160 valence electrons. The van der Waals surface area contributed by atoms with Crippen LogP contribution in [0.3, 0.4) is 0 Å². The smallest absolute Gasteiger partial charge is 0.414 e. The van der Waals surface area contributed by atoms with E-state index in [9.17, 15) is 18.0 Å². The molecule has 2 aromatic rings. The summed E-state index contributed by atoms with van der Waals surface area (Å²) in [5.74, 6) is 0.00974. The fourth-order valence-electron chi connectivity index (χ4n) is 2.80. The number of benzene rings is 1. The van der Waals surface area contributed by atoms with Gasteiger partial charge in [0.25, 0.3) is 0 Å². The number of hydrogen-bond donors (Lipinski definition) is 1. The summed E-state index contributed by atoms with van der Waals surface area (Å²) in [5.41, 5.74) is 4.14. The van der Waals surface area contributed by atoms with Crippen LogP contribution in [0, 0.1) is 0 Å². The van der Waals surface area contributed by atoms with Crippen LogP contribution in [-0.2, 0) is 17.0 Å². The minimum Gasteiger partial charge on any atom is -0.414 e. The molecule has 0 bridgehead atoms. The average molecular weight is 428 g/mol. The topological polar surface area (TPSA) is 70.1 Å². The van der Waals surface area contributed by atoms with E-state index in [1.54, 1.807) is 6.92 Å². The number of anilines is 1. The zero-order valence-electron chi connectivity index (χ0n) is 17.6. The number of hydrogen-bond acceptors (Lipinski definition) is 4. The van der Waals surface area contributed by atoms with Crippen molar-refractivity contribution in [2.45, 2.75) is 64.5 Å². The van der Waals surface area contributed by atoms with Crippen molar-refractivity contribution < 1.29 is 17.6 Å². The molecular weight excluding hydrogens is 399 g/mol. The third-order valence-corrected chi connectivity index (χ3v) is 9.92. The predicted octanol–water partition coefficient (Wildman–Crippen LogP) is 4.79. The third kappa shape index (κ3) is 5.48. The van der Waals surface area contributed by atoms with E-state index in [2.05, 4.69) is 38.8 Å². The molecule has 2 N–H and O–H groups in total. The Labute approximate surface area is 169 Å². The maximum absolute atomic E-state index is 13.7. The standard InChI is InChI=1S/C20H28F3N3O2Si/c1-13(28-29(5,6)19(2,3)4)11-14-7-8-15(12-16(14)20(21,22)23)26-10-9-17(24)25-18(26)27/h7-10,12-13H,11H2,1-6H3,(H2,24,25,27). The number of rotatable bonds is 5. The van der Waals surface area contributed by atoms with Gasteiger partial charge in [-0.05, 0) is 55.2 Å². The quantitative estimate of drug-likeness (QED) is 0.697. The number of nitrogens with two attached hydrogens (primary N) is 1. The van der Waals surface area contributed by atoms with E-state index in [4.69, 9.17) is 10.2 Å². The number of nitrogens with zero attached hydrogens (tertiary/aromatic N) is 2. The van der Waals surface area contributed by atoms with Gasteiger partial charge in [-0.2, -0.15) is 18.2 Å². The maximum atomic E-state index is 13.7. The average Bonchev–Trinajstić information content (AvgIpc) is 2.52. The molecule has 5 nitrogen and oxygen atoms in total. The maximum Gasteiger partial charge on any atom is 0.416 e. The third-order valence-electron chi connectivity index (χ3n) is 5.31. The van der Waals surface area contributed by atoms with E-state index in [-0.39, 0.29) is 34.6 Å². The van der Waals surface area contributed by atoms with Crippen LogP contribution < -0.4 is 11.4 Å². The minimum atomic E-state index is -4.56. The molecule has 0 amide bonds. The van der Waals surface area contributed by atoms with Crippen LogP contribution in [0.4, 0.5) is 19.0 Å². The van der Waals surface area contributed by atoms with Crippen LogP contribution in [-0.4, -0.2) is 24.0 Å². The van der Waals surface area contributed by atoms with Crippen molar-refractivity contribution in [1.82, 2.24) is 9.55 Å². The van der Waals surface area contributed by atoms with Gasteiger partial charge in [0.15, 0.2) is 8.32 Å². The van der Waals surface area contributed by atoms with E-state index >= 15 is 0 Å². The highest BCUT2D eigenvalue weighted by atomic mass is 28.4. The van der Waals surface area contributed by atoms with Crippen LogP contribution in [0.25, 0.3) is 5.69 Å². The number of alkyl halides is 3. The van der Waals surface area contributed by atoms with Gasteiger partial charge in [-0.1, -0.05) is 26.8 Å². The summed E-state index contributed by atoms with van der Waals surface area (Å²) in [6.07, 6.45) is -3.50. The molecule has 1 heterocycles. The molecule has 0 spiro atoms. The molecule has 1 unspecified atom stereocenters. The SMILES string of the molecule is CC(Cc1ccc(-n2ccc(N)nc2=O)cc1C(F)(F)F)O[Si](C)(C)C(C)(C)C. The molecule has 1 aromatic heterocycles. The summed E-state index contributed by atoms with van der Waals surface area (Å²) < 4.78 is 48.4. The summed E-state index contributed by atoms with van der Waals surface area (Å²) in [6, 6.07) is 5.20. The van der Waals surface area contributed by atoms with Gasteiger partial charge >= 0.3 is 11.9 Å². The second kappa shape index (κ2) is 7.95. The lowest BCUT2D eigenvalue weighted by Gasteiger charge is -2.38. The Morgan fingerprint density at radius 3 is 2.34 bits per heavy atom. The number of aromatic nitrogens is 2. The first-order valence-corrected chi connectivity index (χ1v) is 12.3. The van der Waals surface area contributed by atoms with Crippen molar-refractivity contribution in [1.29, 1.82) is 0 Å². The first-order valence-electron chi connectivity index (χ1n) is 9.35. The fraction of sp³-hybridized carbons (Fsp3) is 0.500. The molecular formula is C20H28F3N3O2Si. The van der Waals surface area contributed by atoms with Gasteiger partial charge in [0.05, 0.1) is 11.3 Å². The summed E-state index contributed by atoms with van der Waals surface area (Å²) in [6.45, 7) is 12.2. The zero-order chi connectivity index (χ0) is 22.2. The fourth-order valence-corrected chi connectivity index (χ4v) is 4.24. The Morgan fingerprint density at radius 2 is 1.83 bits per heavy atom. The van der Waals surface area contributed by atoms with Gasteiger partial charge in [-0.15, -0.1) is 0 Å². The van der Waals surface area contributed by atoms with E-state index in [1.165, 1.54) is 24.4 Å². The van der Waals surface area contributed by atoms with Gasteiger partial charge in [-0.3, -0.25) is 4.57 Å². The summed E-state index contributed by atoms with van der Waals surface area (Å²) in [4.78, 5) is 15.6. The lowest BCUT2D eigenvalue weighted by molar-refractivity contribution is -0.138. The minimum absolute atomic E-state index is 0.00974. The Morgan fingerprint density at radius 1 is 1.21 bits per heavy atom. The van der Waals surface area contributed by atoms with E-state index in [0.29, 0.717) is 0 Å². The van der Waals surface area contributed by atoms with E-state index in [0.717, 1.165) is 10.6 Å². The molecule has 1 atom stereocenters. The monoisotopic (exact) mass is 427 g/mol. The van der Waals surface area contributed by atoms with Gasteiger partial charge in [-0.25, -0.2) is 4.79 Å². The predicted molar refractivity (Wildman–Crippen MR) is 111 cm³/mol. The van der Waals surface area contributed by atoms with Crippen molar-refractivity contribution in [2.75, 3.05) is 5.73 Å². The Balaban J connectivity index is 2.39. The molecule has 0 radical (unpaired) electrons. The van der Waals surface area contributed by atoms with Crippen LogP contribution >= 0.6 is 0 Å². The lowest BCUT2D eigenvalue weighted by Crippen LogP contribution is -2.43. The molecule has 29 heavy (non-hydrogen) atoms. The molecule has 2 rings (SSSR count). The van der Waals surface area contributed by atoms with Gasteiger partial charge in [0, 0.05) is 12.3 Å². The summed E-state index contributed by atoms with van der Waals surface area (Å²) in [5, 5.41) is -0.0404. The highest BCUT2D eigenvalue weighted by Gasteiger charge is 2.39. The molecule has 1 aromatic carbocycles. The Hall–Kier alpha value is -2.13. The van der Waals surface area contributed by atoms with E-state index < -0.39 is 25.7 Å². The van der Waals surface area contributed by atoms with Crippen LogP contribution in [0.1, 0.15) is 38.8 Å². The molecule has 0 fully saturated rings. The Kier molecular flexibility index (Phi) is 6.34. The summed E-state index contributed by atoms with van der Waals surface area (Å²) >= 11 is 0. The second-order valence-corrected chi connectivity index (χ2v) is 13.5. The highest BCUT2D eigenvalue weighted by Crippen LogP contribution is 2.38. The first-order chi connectivity index (χ1) is 13.1. The zero-order valence-corrected chi connectivity index (χ0v) is 18.6.